The number of piperazine rings is 1. The van der Waals surface area contributed by atoms with Crippen molar-refractivity contribution in [1.82, 2.24) is 19.7 Å². The van der Waals surface area contributed by atoms with E-state index in [0.29, 0.717) is 49.2 Å². The van der Waals surface area contributed by atoms with E-state index in [2.05, 4.69) is 16.8 Å². The van der Waals surface area contributed by atoms with E-state index in [-0.39, 0.29) is 34.4 Å². The lowest BCUT2D eigenvalue weighted by Gasteiger charge is -2.44. The van der Waals surface area contributed by atoms with Crippen LogP contribution < -0.4 is 0 Å². The van der Waals surface area contributed by atoms with Crippen molar-refractivity contribution in [1.29, 1.82) is 0 Å². The van der Waals surface area contributed by atoms with E-state index < -0.39 is 11.7 Å². The summed E-state index contributed by atoms with van der Waals surface area (Å²) in [5.74, 6) is -1.56. The zero-order chi connectivity index (χ0) is 26.3. The molecule has 0 radical (unpaired) electrons. The fraction of sp³-hybridized carbons (Fsp3) is 0.393. The molecule has 0 aliphatic carbocycles. The topological polar surface area (TPSA) is 76.7 Å². The lowest BCUT2D eigenvalue weighted by molar-refractivity contribution is -0.125. The van der Waals surface area contributed by atoms with Gasteiger partial charge in [-0.2, -0.15) is 0 Å². The average molecular weight is 525 g/mol. The van der Waals surface area contributed by atoms with Crippen LogP contribution in [0.3, 0.4) is 0 Å². The molecule has 7 nitrogen and oxygen atoms in total. The molecule has 2 amide bonds. The molecular formula is C28H30ClFN4O3. The molecule has 3 aromatic rings. The Labute approximate surface area is 220 Å². The summed E-state index contributed by atoms with van der Waals surface area (Å²) in [4.78, 5) is 48.1. The predicted molar refractivity (Wildman–Crippen MR) is 140 cm³/mol. The Balaban J connectivity index is 1.36. The number of carbonyl (C=O) groups excluding carboxylic acids is 3. The van der Waals surface area contributed by atoms with Crippen molar-refractivity contribution in [3.8, 4) is 0 Å². The molecule has 9 heteroatoms. The lowest BCUT2D eigenvalue weighted by atomic mass is 10.0. The van der Waals surface area contributed by atoms with Crippen LogP contribution in [0, 0.1) is 5.82 Å². The van der Waals surface area contributed by atoms with Crippen LogP contribution in [-0.2, 0) is 11.3 Å². The highest BCUT2D eigenvalue weighted by atomic mass is 35.5. The standard InChI is InChI=1S/C28H30ClFN4O3/c1-17-15-34(18(2)14-33(17)16-19-5-7-20(30)8-6-19)27(36)22-11-21-23(13-31-25(21)12-24(22)29)26(35)28(37)32-9-3-4-10-32/h5-8,11-13,17-18,31H,3-4,9-10,14-16H2,1-2H3/t17-,18?/m0/s1. The summed E-state index contributed by atoms with van der Waals surface area (Å²) in [6.07, 6.45) is 3.31. The molecule has 37 heavy (non-hydrogen) atoms. The molecule has 0 bridgehead atoms. The first kappa shape index (κ1) is 25.4. The molecule has 5 rings (SSSR count). The van der Waals surface area contributed by atoms with Gasteiger partial charge in [0.05, 0.1) is 16.1 Å². The normalized spacial score (nSPS) is 20.5. The van der Waals surface area contributed by atoms with E-state index in [1.165, 1.54) is 18.3 Å². The maximum Gasteiger partial charge on any atom is 0.295 e. The molecule has 1 aromatic heterocycles. The number of fused-ring (bicyclic) bond motifs is 1. The summed E-state index contributed by atoms with van der Waals surface area (Å²) < 4.78 is 13.3. The molecule has 3 heterocycles. The van der Waals surface area contributed by atoms with Crippen LogP contribution in [0.4, 0.5) is 4.39 Å². The Hall–Kier alpha value is -3.23. The number of ketones is 1. The van der Waals surface area contributed by atoms with Gasteiger partial charge in [-0.05, 0) is 56.5 Å². The number of amides is 2. The molecule has 0 spiro atoms. The number of likely N-dealkylation sites (tertiary alicyclic amines) is 1. The first-order valence-corrected chi connectivity index (χ1v) is 13.0. The summed E-state index contributed by atoms with van der Waals surface area (Å²) in [5, 5.41) is 0.804. The van der Waals surface area contributed by atoms with Crippen molar-refractivity contribution in [3.63, 3.8) is 0 Å². The summed E-state index contributed by atoms with van der Waals surface area (Å²) in [7, 11) is 0. The van der Waals surface area contributed by atoms with Gasteiger partial charge < -0.3 is 14.8 Å². The molecule has 2 aliphatic rings. The van der Waals surface area contributed by atoms with Crippen LogP contribution in [0.25, 0.3) is 10.9 Å². The zero-order valence-electron chi connectivity index (χ0n) is 21.0. The number of rotatable bonds is 5. The number of benzene rings is 2. The Kier molecular flexibility index (Phi) is 7.05. The van der Waals surface area contributed by atoms with Crippen LogP contribution in [0.15, 0.2) is 42.6 Å². The zero-order valence-corrected chi connectivity index (χ0v) is 21.7. The van der Waals surface area contributed by atoms with Crippen molar-refractivity contribution in [3.05, 3.63) is 70.1 Å². The number of Topliss-reactive ketones (excluding diaryl/α,β-unsaturated/α-hetero) is 1. The maximum atomic E-state index is 13.7. The van der Waals surface area contributed by atoms with Crippen LogP contribution in [-0.4, -0.2) is 75.5 Å². The molecule has 194 valence electrons. The molecule has 2 saturated heterocycles. The van der Waals surface area contributed by atoms with Gasteiger partial charge in [0.2, 0.25) is 0 Å². The van der Waals surface area contributed by atoms with Crippen molar-refractivity contribution in [2.45, 2.75) is 45.3 Å². The first-order chi connectivity index (χ1) is 17.7. The van der Waals surface area contributed by atoms with Gasteiger partial charge in [0.1, 0.15) is 5.82 Å². The first-order valence-electron chi connectivity index (χ1n) is 12.7. The molecule has 2 fully saturated rings. The molecule has 2 aromatic carbocycles. The van der Waals surface area contributed by atoms with E-state index in [1.54, 1.807) is 29.2 Å². The lowest BCUT2D eigenvalue weighted by Crippen LogP contribution is -2.57. The molecule has 1 unspecified atom stereocenters. The minimum absolute atomic E-state index is 0.0789. The summed E-state index contributed by atoms with van der Waals surface area (Å²) >= 11 is 6.54. The minimum atomic E-state index is -0.578. The van der Waals surface area contributed by atoms with Gasteiger partial charge in [0.25, 0.3) is 17.6 Å². The van der Waals surface area contributed by atoms with E-state index >= 15 is 0 Å². The SMILES string of the molecule is CC1CN(Cc2ccc(F)cc2)[C@@H](C)CN1C(=O)c1cc2c(C(=O)C(=O)N3CCCC3)c[nH]c2cc1Cl. The third-order valence-corrected chi connectivity index (χ3v) is 7.82. The van der Waals surface area contributed by atoms with Crippen LogP contribution in [0.2, 0.25) is 5.02 Å². The maximum absolute atomic E-state index is 13.7. The smallest absolute Gasteiger partial charge is 0.295 e. The quantitative estimate of drug-likeness (QED) is 0.394. The molecule has 0 saturated carbocycles. The van der Waals surface area contributed by atoms with Crippen molar-refractivity contribution >= 4 is 40.1 Å². The second kappa shape index (κ2) is 10.3. The number of hydrogen-bond donors (Lipinski definition) is 1. The van der Waals surface area contributed by atoms with Gasteiger partial charge >= 0.3 is 0 Å². The highest BCUT2D eigenvalue weighted by molar-refractivity contribution is 6.45. The Morgan fingerprint density at radius 1 is 1.00 bits per heavy atom. The average Bonchev–Trinajstić information content (AvgIpc) is 3.56. The molecule has 1 N–H and O–H groups in total. The summed E-state index contributed by atoms with van der Waals surface area (Å²) in [6.45, 7) is 7.06. The third kappa shape index (κ3) is 5.00. The summed E-state index contributed by atoms with van der Waals surface area (Å²) in [5.41, 5.74) is 2.18. The van der Waals surface area contributed by atoms with Crippen LogP contribution >= 0.6 is 11.6 Å². The van der Waals surface area contributed by atoms with E-state index in [4.69, 9.17) is 11.6 Å². The van der Waals surface area contributed by atoms with Gasteiger partial charge in [-0.15, -0.1) is 0 Å². The Bertz CT molecular complexity index is 1350. The number of aromatic nitrogens is 1. The number of nitrogens with one attached hydrogen (secondary N) is 1. The van der Waals surface area contributed by atoms with E-state index in [0.717, 1.165) is 18.4 Å². The van der Waals surface area contributed by atoms with E-state index in [9.17, 15) is 18.8 Å². The van der Waals surface area contributed by atoms with Crippen molar-refractivity contribution in [2.24, 2.45) is 0 Å². The Morgan fingerprint density at radius 3 is 2.41 bits per heavy atom. The van der Waals surface area contributed by atoms with Crippen molar-refractivity contribution < 1.29 is 18.8 Å². The van der Waals surface area contributed by atoms with Crippen LogP contribution in [0.1, 0.15) is 53.0 Å². The molecule has 2 aliphatic heterocycles. The number of H-pyrrole nitrogens is 1. The fourth-order valence-corrected chi connectivity index (χ4v) is 5.60. The number of nitrogens with zero attached hydrogens (tertiary/aromatic N) is 3. The second-order valence-corrected chi connectivity index (χ2v) is 10.5. The monoisotopic (exact) mass is 524 g/mol. The molecular weight excluding hydrogens is 495 g/mol. The molecule has 2 atom stereocenters. The number of aromatic amines is 1. The second-order valence-electron chi connectivity index (χ2n) is 10.1. The van der Waals surface area contributed by atoms with Gasteiger partial charge in [0, 0.05) is 61.9 Å². The number of halogens is 2. The fourth-order valence-electron chi connectivity index (χ4n) is 5.35. The van der Waals surface area contributed by atoms with Gasteiger partial charge in [-0.3, -0.25) is 19.3 Å². The largest absolute Gasteiger partial charge is 0.360 e. The van der Waals surface area contributed by atoms with Crippen molar-refractivity contribution in [2.75, 3.05) is 26.2 Å². The highest BCUT2D eigenvalue weighted by Crippen LogP contribution is 2.30. The van der Waals surface area contributed by atoms with Gasteiger partial charge in [0.15, 0.2) is 0 Å². The minimum Gasteiger partial charge on any atom is -0.360 e. The number of carbonyl (C=O) groups is 3. The number of hydrogen-bond acceptors (Lipinski definition) is 4. The van der Waals surface area contributed by atoms with Gasteiger partial charge in [-0.25, -0.2) is 4.39 Å². The van der Waals surface area contributed by atoms with Gasteiger partial charge in [-0.1, -0.05) is 23.7 Å². The third-order valence-electron chi connectivity index (χ3n) is 7.51. The van der Waals surface area contributed by atoms with E-state index in [1.807, 2.05) is 11.8 Å². The summed E-state index contributed by atoms with van der Waals surface area (Å²) in [6, 6.07) is 9.74. The highest BCUT2D eigenvalue weighted by Gasteiger charge is 2.34. The Morgan fingerprint density at radius 2 is 1.70 bits per heavy atom. The predicted octanol–water partition coefficient (Wildman–Crippen LogP) is 4.50. The van der Waals surface area contributed by atoms with Crippen LogP contribution in [0.5, 0.6) is 0 Å².